The van der Waals surface area contributed by atoms with Crippen LogP contribution >= 0.6 is 11.6 Å². The molecule has 1 aromatic rings. The summed E-state index contributed by atoms with van der Waals surface area (Å²) in [5, 5.41) is 0.605. The number of nitrogens with two attached hydrogens (primary N) is 1. The van der Waals surface area contributed by atoms with E-state index in [-0.39, 0.29) is 36.9 Å². The van der Waals surface area contributed by atoms with Crippen molar-refractivity contribution in [2.24, 2.45) is 11.7 Å². The lowest BCUT2D eigenvalue weighted by Crippen LogP contribution is -2.33. The minimum atomic E-state index is -4.16. The Labute approximate surface area is 154 Å². The fraction of sp³-hybridized carbons (Fsp3) is 0.556. The van der Waals surface area contributed by atoms with E-state index in [1.165, 1.54) is 6.07 Å². The van der Waals surface area contributed by atoms with Crippen molar-refractivity contribution < 1.29 is 13.2 Å². The maximum absolute atomic E-state index is 12.9. The molecule has 2 aliphatic carbocycles. The lowest BCUT2D eigenvalue weighted by molar-refractivity contribution is -0.182. The summed E-state index contributed by atoms with van der Waals surface area (Å²) in [7, 11) is 0. The highest BCUT2D eigenvalue weighted by molar-refractivity contribution is 6.31. The van der Waals surface area contributed by atoms with Gasteiger partial charge in [-0.15, -0.1) is 0 Å². The number of aromatic nitrogens is 2. The number of nitrogens with zero attached hydrogens (tertiary/aromatic N) is 2. The first-order valence-electron chi connectivity index (χ1n) is 8.72. The molecule has 1 fully saturated rings. The van der Waals surface area contributed by atoms with Crippen LogP contribution in [0, 0.1) is 5.92 Å². The lowest BCUT2D eigenvalue weighted by atomic mass is 9.81. The van der Waals surface area contributed by atoms with Gasteiger partial charge in [-0.3, -0.25) is 9.36 Å². The molecule has 0 bridgehead atoms. The van der Waals surface area contributed by atoms with Crippen LogP contribution in [0.2, 0.25) is 0 Å². The maximum atomic E-state index is 12.9. The molecule has 0 aromatic carbocycles. The molecule has 0 amide bonds. The third-order valence-corrected chi connectivity index (χ3v) is 5.44. The zero-order valence-corrected chi connectivity index (χ0v) is 14.9. The standard InChI is InChI=1S/C18H21ClF3N3O/c19-13-5-7-15(8-6-13)25-16(26)9-14(10-23)24-17(25)11-1-3-12(4-2-11)18(20,21)22/h5-7,9,11-12,15H,1-4,8,10,23H2. The summed E-state index contributed by atoms with van der Waals surface area (Å²) in [6.07, 6.45) is 2.60. The first-order valence-corrected chi connectivity index (χ1v) is 9.10. The van der Waals surface area contributed by atoms with Gasteiger partial charge in [0, 0.05) is 23.6 Å². The molecule has 2 aliphatic rings. The molecule has 2 N–H and O–H groups in total. The molecule has 1 aromatic heterocycles. The zero-order valence-electron chi connectivity index (χ0n) is 14.2. The van der Waals surface area contributed by atoms with Crippen LogP contribution in [0.25, 0.3) is 0 Å². The second-order valence-corrected chi connectivity index (χ2v) is 7.30. The van der Waals surface area contributed by atoms with Crippen LogP contribution in [0.5, 0.6) is 0 Å². The van der Waals surface area contributed by atoms with Gasteiger partial charge in [-0.05, 0) is 38.2 Å². The van der Waals surface area contributed by atoms with Gasteiger partial charge >= 0.3 is 6.18 Å². The molecule has 3 rings (SSSR count). The molecule has 0 saturated heterocycles. The van der Waals surface area contributed by atoms with Crippen molar-refractivity contribution in [2.45, 2.75) is 56.8 Å². The van der Waals surface area contributed by atoms with Crippen LogP contribution in [0.4, 0.5) is 13.2 Å². The van der Waals surface area contributed by atoms with Crippen molar-refractivity contribution >= 4 is 11.6 Å². The van der Waals surface area contributed by atoms with Gasteiger partial charge in [0.1, 0.15) is 5.82 Å². The Hall–Kier alpha value is -1.60. The van der Waals surface area contributed by atoms with Gasteiger partial charge in [0.25, 0.3) is 5.56 Å². The maximum Gasteiger partial charge on any atom is 0.391 e. The Kier molecular flexibility index (Phi) is 5.58. The molecule has 26 heavy (non-hydrogen) atoms. The zero-order chi connectivity index (χ0) is 18.9. The second kappa shape index (κ2) is 7.56. The highest BCUT2D eigenvalue weighted by atomic mass is 35.5. The fourth-order valence-electron chi connectivity index (χ4n) is 3.74. The molecule has 1 saturated carbocycles. The van der Waals surface area contributed by atoms with Crippen molar-refractivity contribution in [1.29, 1.82) is 0 Å². The van der Waals surface area contributed by atoms with Crippen LogP contribution in [0.15, 0.2) is 34.1 Å². The summed E-state index contributed by atoms with van der Waals surface area (Å²) in [6, 6.07) is 1.16. The third-order valence-electron chi connectivity index (χ3n) is 5.16. The van der Waals surface area contributed by atoms with E-state index in [1.807, 2.05) is 12.2 Å². The van der Waals surface area contributed by atoms with E-state index >= 15 is 0 Å². The van der Waals surface area contributed by atoms with E-state index < -0.39 is 12.1 Å². The van der Waals surface area contributed by atoms with Gasteiger partial charge < -0.3 is 5.73 Å². The average molecular weight is 388 g/mol. The molecular formula is C18H21ClF3N3O. The summed E-state index contributed by atoms with van der Waals surface area (Å²) in [5.74, 6) is -0.907. The van der Waals surface area contributed by atoms with Crippen LogP contribution in [0.3, 0.4) is 0 Å². The third kappa shape index (κ3) is 4.04. The van der Waals surface area contributed by atoms with E-state index in [1.54, 1.807) is 10.6 Å². The molecule has 8 heteroatoms. The smallest absolute Gasteiger partial charge is 0.325 e. The Morgan fingerprint density at radius 3 is 2.50 bits per heavy atom. The molecule has 1 unspecified atom stereocenters. The minimum Gasteiger partial charge on any atom is -0.325 e. The molecule has 0 radical (unpaired) electrons. The molecule has 142 valence electrons. The Bertz CT molecular complexity index is 777. The molecule has 0 aliphatic heterocycles. The van der Waals surface area contributed by atoms with Crippen molar-refractivity contribution in [3.63, 3.8) is 0 Å². The number of halogens is 4. The largest absolute Gasteiger partial charge is 0.391 e. The predicted octanol–water partition coefficient (Wildman–Crippen LogP) is 4.16. The van der Waals surface area contributed by atoms with Crippen LogP contribution in [0.1, 0.15) is 55.6 Å². The number of rotatable bonds is 3. The van der Waals surface area contributed by atoms with E-state index in [2.05, 4.69) is 4.98 Å². The number of hydrogen-bond acceptors (Lipinski definition) is 3. The first kappa shape index (κ1) is 19.2. The topological polar surface area (TPSA) is 60.9 Å². The van der Waals surface area contributed by atoms with Gasteiger partial charge in [-0.25, -0.2) is 4.98 Å². The first-order chi connectivity index (χ1) is 12.3. The second-order valence-electron chi connectivity index (χ2n) is 6.86. The Morgan fingerprint density at radius 2 is 1.96 bits per heavy atom. The van der Waals surface area contributed by atoms with E-state index in [4.69, 9.17) is 17.3 Å². The van der Waals surface area contributed by atoms with Crippen LogP contribution < -0.4 is 11.3 Å². The molecule has 1 heterocycles. The predicted molar refractivity (Wildman–Crippen MR) is 93.9 cm³/mol. The highest BCUT2D eigenvalue weighted by Gasteiger charge is 2.42. The van der Waals surface area contributed by atoms with Gasteiger partial charge in [0.15, 0.2) is 0 Å². The number of allylic oxidation sites excluding steroid dienone is 4. The molecule has 4 nitrogen and oxygen atoms in total. The molecule has 0 spiro atoms. The summed E-state index contributed by atoms with van der Waals surface area (Å²) in [6.45, 7) is 0.118. The van der Waals surface area contributed by atoms with Crippen molar-refractivity contribution in [1.82, 2.24) is 9.55 Å². The average Bonchev–Trinajstić information content (AvgIpc) is 2.61. The Morgan fingerprint density at radius 1 is 1.27 bits per heavy atom. The monoisotopic (exact) mass is 387 g/mol. The van der Waals surface area contributed by atoms with Gasteiger partial charge in [-0.1, -0.05) is 23.8 Å². The van der Waals surface area contributed by atoms with Crippen molar-refractivity contribution in [3.8, 4) is 0 Å². The van der Waals surface area contributed by atoms with Crippen LogP contribution in [-0.2, 0) is 6.54 Å². The van der Waals surface area contributed by atoms with Crippen molar-refractivity contribution in [3.05, 3.63) is 51.2 Å². The van der Waals surface area contributed by atoms with E-state index in [0.717, 1.165) is 0 Å². The number of hydrogen-bond donors (Lipinski definition) is 1. The van der Waals surface area contributed by atoms with E-state index in [9.17, 15) is 18.0 Å². The summed E-state index contributed by atoms with van der Waals surface area (Å²) < 4.78 is 40.4. The van der Waals surface area contributed by atoms with Gasteiger partial charge in [-0.2, -0.15) is 13.2 Å². The van der Waals surface area contributed by atoms with Crippen LogP contribution in [-0.4, -0.2) is 15.7 Å². The summed E-state index contributed by atoms with van der Waals surface area (Å²) >= 11 is 5.95. The normalized spacial score (nSPS) is 26.7. The summed E-state index contributed by atoms with van der Waals surface area (Å²) in [5.41, 5.74) is 5.88. The highest BCUT2D eigenvalue weighted by Crippen LogP contribution is 2.42. The minimum absolute atomic E-state index is 0.0587. The number of alkyl halides is 3. The van der Waals surface area contributed by atoms with Gasteiger partial charge in [0.05, 0.1) is 17.7 Å². The Balaban J connectivity index is 1.92. The fourth-order valence-corrected chi connectivity index (χ4v) is 3.90. The van der Waals surface area contributed by atoms with Crippen molar-refractivity contribution in [2.75, 3.05) is 0 Å². The van der Waals surface area contributed by atoms with E-state index in [0.29, 0.717) is 35.8 Å². The molecule has 1 atom stereocenters. The SMILES string of the molecule is NCc1cc(=O)n(C2C=CC(Cl)=CC2)c(C2CCC(C(F)(F)F)CC2)n1. The summed E-state index contributed by atoms with van der Waals surface area (Å²) in [4.78, 5) is 17.2. The molecular weight excluding hydrogens is 367 g/mol. The lowest BCUT2D eigenvalue weighted by Gasteiger charge is -2.32. The quantitative estimate of drug-likeness (QED) is 0.847. The van der Waals surface area contributed by atoms with Gasteiger partial charge in [0.2, 0.25) is 0 Å².